The van der Waals surface area contributed by atoms with Crippen molar-refractivity contribution < 1.29 is 4.74 Å². The highest BCUT2D eigenvalue weighted by atomic mass is 32.1. The summed E-state index contributed by atoms with van der Waals surface area (Å²) < 4.78 is 5.92. The summed E-state index contributed by atoms with van der Waals surface area (Å²) >= 11 is 1.54. The van der Waals surface area contributed by atoms with Gasteiger partial charge in [-0.1, -0.05) is 18.2 Å². The van der Waals surface area contributed by atoms with Crippen LogP contribution in [0.1, 0.15) is 17.7 Å². The number of rotatable bonds is 3. The number of aromatic nitrogens is 4. The lowest BCUT2D eigenvalue weighted by Crippen LogP contribution is -2.29. The molecule has 1 atom stereocenters. The molecule has 0 bridgehead atoms. The van der Waals surface area contributed by atoms with Crippen LogP contribution in [0.4, 0.5) is 11.6 Å². The van der Waals surface area contributed by atoms with E-state index in [9.17, 15) is 0 Å². The fraction of sp³-hybridized carbons (Fsp3) is 0.286. The highest BCUT2D eigenvalue weighted by Crippen LogP contribution is 2.37. The first-order valence-electron chi connectivity index (χ1n) is 9.89. The number of fused-ring (bicyclic) bond motifs is 4. The molecule has 1 aliphatic carbocycles. The van der Waals surface area contributed by atoms with E-state index >= 15 is 0 Å². The average Bonchev–Trinajstić information content (AvgIpc) is 3.42. The number of H-pyrrole nitrogens is 1. The lowest BCUT2D eigenvalue weighted by molar-refractivity contribution is 0.321. The minimum Gasteiger partial charge on any atom is -0.485 e. The van der Waals surface area contributed by atoms with E-state index in [-0.39, 0.29) is 6.04 Å². The van der Waals surface area contributed by atoms with Crippen LogP contribution in [0.3, 0.4) is 0 Å². The number of benzene rings is 1. The zero-order valence-electron chi connectivity index (χ0n) is 15.7. The summed E-state index contributed by atoms with van der Waals surface area (Å²) in [6, 6.07) is 8.82. The quantitative estimate of drug-likeness (QED) is 0.481. The van der Waals surface area contributed by atoms with Crippen molar-refractivity contribution in [2.75, 3.05) is 23.8 Å². The number of nitrogens with one attached hydrogen (secondary N) is 3. The van der Waals surface area contributed by atoms with Gasteiger partial charge in [-0.3, -0.25) is 0 Å². The molecule has 0 fully saturated rings. The van der Waals surface area contributed by atoms with E-state index < -0.39 is 0 Å². The number of hydrogen-bond donors (Lipinski definition) is 3. The Bertz CT molecular complexity index is 1190. The Morgan fingerprint density at radius 2 is 2.17 bits per heavy atom. The van der Waals surface area contributed by atoms with E-state index in [2.05, 4.69) is 49.9 Å². The molecule has 146 valence electrons. The minimum absolute atomic E-state index is 0.287. The number of aromatic amines is 1. The van der Waals surface area contributed by atoms with Crippen LogP contribution in [0.5, 0.6) is 5.75 Å². The maximum absolute atomic E-state index is 5.92. The van der Waals surface area contributed by atoms with Gasteiger partial charge in [0.05, 0.1) is 6.54 Å². The van der Waals surface area contributed by atoms with Gasteiger partial charge in [-0.15, -0.1) is 11.3 Å². The second-order valence-corrected chi connectivity index (χ2v) is 8.29. The van der Waals surface area contributed by atoms with Gasteiger partial charge in [0.1, 0.15) is 6.61 Å². The zero-order valence-corrected chi connectivity index (χ0v) is 16.6. The molecule has 3 aromatic heterocycles. The Balaban J connectivity index is 1.35. The number of anilines is 2. The van der Waals surface area contributed by atoms with Gasteiger partial charge in [0.2, 0.25) is 5.75 Å². The first-order chi connectivity index (χ1) is 14.3. The van der Waals surface area contributed by atoms with E-state index in [4.69, 9.17) is 9.72 Å². The second kappa shape index (κ2) is 6.73. The number of para-hydroxylation sites is 1. The monoisotopic (exact) mass is 404 g/mol. The molecule has 1 aliphatic heterocycles. The van der Waals surface area contributed by atoms with E-state index in [1.807, 2.05) is 5.38 Å². The highest BCUT2D eigenvalue weighted by molar-refractivity contribution is 7.13. The zero-order chi connectivity index (χ0) is 19.2. The van der Waals surface area contributed by atoms with Crippen LogP contribution >= 0.6 is 11.3 Å². The largest absolute Gasteiger partial charge is 0.485 e. The summed E-state index contributed by atoms with van der Waals surface area (Å²) in [7, 11) is 0. The highest BCUT2D eigenvalue weighted by Gasteiger charge is 2.26. The maximum Gasteiger partial charge on any atom is 0.204 e. The SMILES string of the molecule is c1ccc2c3c([nH]c2c1)CC[C@@H](Nc1nc(-c2nccs2)nc2c1OCCN2)C3. The molecular formula is C21H20N6OS. The van der Waals surface area contributed by atoms with Gasteiger partial charge in [0.15, 0.2) is 22.5 Å². The van der Waals surface area contributed by atoms with E-state index in [0.29, 0.717) is 18.2 Å². The Morgan fingerprint density at radius 3 is 3.10 bits per heavy atom. The molecule has 0 unspecified atom stereocenters. The number of aryl methyl sites for hydroxylation is 1. The van der Waals surface area contributed by atoms with Crippen molar-refractivity contribution in [3.63, 3.8) is 0 Å². The van der Waals surface area contributed by atoms with Gasteiger partial charge in [0.25, 0.3) is 0 Å². The Hall–Kier alpha value is -3.13. The van der Waals surface area contributed by atoms with Crippen LogP contribution < -0.4 is 15.4 Å². The second-order valence-electron chi connectivity index (χ2n) is 7.40. The lowest BCUT2D eigenvalue weighted by Gasteiger charge is -2.27. The fourth-order valence-electron chi connectivity index (χ4n) is 4.24. The molecule has 4 heterocycles. The number of hydrogen-bond acceptors (Lipinski definition) is 7. The molecule has 2 aliphatic rings. The third-order valence-corrected chi connectivity index (χ3v) is 6.34. The summed E-state index contributed by atoms with van der Waals surface area (Å²) in [5.74, 6) is 2.83. The Kier molecular flexibility index (Phi) is 3.90. The van der Waals surface area contributed by atoms with Gasteiger partial charge in [-0.05, 0) is 30.9 Å². The molecule has 0 radical (unpaired) electrons. The maximum atomic E-state index is 5.92. The third kappa shape index (κ3) is 2.91. The van der Waals surface area contributed by atoms with Crippen molar-refractivity contribution >= 4 is 33.9 Å². The Labute approximate surface area is 171 Å². The Morgan fingerprint density at radius 1 is 1.21 bits per heavy atom. The molecule has 6 rings (SSSR count). The molecule has 3 N–H and O–H groups in total. The van der Waals surface area contributed by atoms with E-state index in [1.165, 1.54) is 33.5 Å². The predicted octanol–water partition coefficient (Wildman–Crippen LogP) is 3.86. The normalized spacial score (nSPS) is 17.9. The van der Waals surface area contributed by atoms with Gasteiger partial charge in [0, 0.05) is 34.2 Å². The molecule has 0 saturated heterocycles. The summed E-state index contributed by atoms with van der Waals surface area (Å²) in [4.78, 5) is 17.4. The third-order valence-electron chi connectivity index (χ3n) is 5.57. The fourth-order valence-corrected chi connectivity index (χ4v) is 4.81. The van der Waals surface area contributed by atoms with Crippen LogP contribution in [0.15, 0.2) is 35.8 Å². The first-order valence-corrected chi connectivity index (χ1v) is 10.8. The van der Waals surface area contributed by atoms with Crippen LogP contribution in [-0.4, -0.2) is 39.1 Å². The summed E-state index contributed by atoms with van der Waals surface area (Å²) in [6.07, 6.45) is 4.80. The topological polar surface area (TPSA) is 87.8 Å². The van der Waals surface area contributed by atoms with Crippen molar-refractivity contribution in [3.05, 3.63) is 47.1 Å². The molecular weight excluding hydrogens is 384 g/mol. The lowest BCUT2D eigenvalue weighted by atomic mass is 9.91. The average molecular weight is 404 g/mol. The van der Waals surface area contributed by atoms with Crippen LogP contribution in [0, 0.1) is 0 Å². The molecule has 8 heteroatoms. The van der Waals surface area contributed by atoms with Crippen molar-refractivity contribution in [2.45, 2.75) is 25.3 Å². The summed E-state index contributed by atoms with van der Waals surface area (Å²) in [5.41, 5.74) is 3.98. The van der Waals surface area contributed by atoms with Crippen molar-refractivity contribution in [1.29, 1.82) is 0 Å². The minimum atomic E-state index is 0.287. The molecule has 4 aromatic rings. The first kappa shape index (κ1) is 16.8. The predicted molar refractivity (Wildman–Crippen MR) is 115 cm³/mol. The van der Waals surface area contributed by atoms with Crippen LogP contribution in [0.2, 0.25) is 0 Å². The molecule has 0 saturated carbocycles. The summed E-state index contributed by atoms with van der Waals surface area (Å²) in [5, 5.41) is 11.1. The smallest absolute Gasteiger partial charge is 0.204 e. The van der Waals surface area contributed by atoms with Gasteiger partial charge in [-0.2, -0.15) is 0 Å². The van der Waals surface area contributed by atoms with E-state index in [1.54, 1.807) is 6.20 Å². The molecule has 0 amide bonds. The number of thiazole rings is 1. The number of ether oxygens (including phenoxy) is 1. The summed E-state index contributed by atoms with van der Waals surface area (Å²) in [6.45, 7) is 1.35. The van der Waals surface area contributed by atoms with Crippen molar-refractivity contribution in [3.8, 4) is 16.6 Å². The van der Waals surface area contributed by atoms with Gasteiger partial charge < -0.3 is 20.4 Å². The van der Waals surface area contributed by atoms with Crippen LogP contribution in [0.25, 0.3) is 21.7 Å². The van der Waals surface area contributed by atoms with Gasteiger partial charge in [-0.25, -0.2) is 15.0 Å². The van der Waals surface area contributed by atoms with E-state index in [0.717, 1.165) is 42.5 Å². The van der Waals surface area contributed by atoms with Crippen molar-refractivity contribution in [1.82, 2.24) is 19.9 Å². The molecule has 7 nitrogen and oxygen atoms in total. The molecule has 1 aromatic carbocycles. The standard InChI is InChI=1S/C21H20N6OS/c1-2-4-15-13(3-1)14-11-12(5-6-16(14)25-15)24-19-17-18(22-7-9-28-17)26-20(27-19)21-23-8-10-29-21/h1-4,8,10,12,25H,5-7,9,11H2,(H2,22,24,26,27)/t12-/m1/s1. The van der Waals surface area contributed by atoms with Crippen molar-refractivity contribution in [2.24, 2.45) is 0 Å². The molecule has 29 heavy (non-hydrogen) atoms. The van der Waals surface area contributed by atoms with Crippen LogP contribution in [-0.2, 0) is 12.8 Å². The molecule has 0 spiro atoms. The van der Waals surface area contributed by atoms with Gasteiger partial charge >= 0.3 is 0 Å². The number of nitrogens with zero attached hydrogens (tertiary/aromatic N) is 3.